The third kappa shape index (κ3) is 22.6. The minimum atomic E-state index is -3.73. The summed E-state index contributed by atoms with van der Waals surface area (Å²) in [4.78, 5) is 0. The van der Waals surface area contributed by atoms with Crippen molar-refractivity contribution < 1.29 is 61.0 Å². The Morgan fingerprint density at radius 1 is 0.833 bits per heavy atom. The number of hydrogen-bond acceptors (Lipinski definition) is 2. The molecule has 0 aliphatic heterocycles. The fourth-order valence-electron chi connectivity index (χ4n) is 1.77. The molecule has 0 atom stereocenters. The largest absolute Gasteiger partial charge is 1.00 e. The van der Waals surface area contributed by atoms with E-state index in [0.29, 0.717) is 6.42 Å². The second-order valence-electron chi connectivity index (χ2n) is 4.47. The third-order valence-electron chi connectivity index (χ3n) is 2.76. The van der Waals surface area contributed by atoms with Crippen LogP contribution in [0.25, 0.3) is 0 Å². The minimum absolute atomic E-state index is 0. The molecule has 18 heavy (non-hydrogen) atoms. The molecule has 0 heterocycles. The normalized spacial score (nSPS) is 10.6. The van der Waals surface area contributed by atoms with E-state index in [0.717, 1.165) is 12.8 Å². The topological polar surface area (TPSA) is 54.4 Å². The molecular weight excluding hydrogens is 311 g/mol. The van der Waals surface area contributed by atoms with Gasteiger partial charge in [-0.05, 0) is 6.42 Å². The van der Waals surface area contributed by atoms with Crippen molar-refractivity contribution in [3.8, 4) is 0 Å². The Balaban J connectivity index is -0.000000375. The molecule has 3 nitrogen and oxygen atoms in total. The van der Waals surface area contributed by atoms with Gasteiger partial charge >= 0.3 is 29.6 Å². The maximum Gasteiger partial charge on any atom is 1.00 e. The van der Waals surface area contributed by atoms with Crippen molar-refractivity contribution in [3.05, 3.63) is 0 Å². The number of hydrogen-bond donors (Lipinski definition) is 1. The van der Waals surface area contributed by atoms with Gasteiger partial charge in [0.1, 0.15) is 0 Å². The Kier molecular flexibility index (Phi) is 22.4. The predicted octanol–water partition coefficient (Wildman–Crippen LogP) is 0.909. The van der Waals surface area contributed by atoms with E-state index in [-0.39, 0.29) is 53.8 Å². The van der Waals surface area contributed by atoms with Crippen LogP contribution in [0, 0.1) is 0 Å². The van der Waals surface area contributed by atoms with Crippen molar-refractivity contribution in [2.24, 2.45) is 0 Å². The van der Waals surface area contributed by atoms with Gasteiger partial charge in [-0.2, -0.15) is 8.42 Å². The maximum absolute atomic E-state index is 10.4. The molecule has 0 aromatic rings. The molecule has 0 rings (SSSR count). The van der Waals surface area contributed by atoms with Crippen molar-refractivity contribution in [2.45, 2.75) is 71.1 Å². The molecule has 0 aliphatic carbocycles. The molecule has 0 bridgehead atoms. The van der Waals surface area contributed by atoms with Crippen molar-refractivity contribution in [1.82, 2.24) is 0 Å². The molecule has 0 aliphatic rings. The van der Waals surface area contributed by atoms with Gasteiger partial charge in [0.05, 0.1) is 5.75 Å². The van der Waals surface area contributed by atoms with Crippen molar-refractivity contribution in [3.63, 3.8) is 0 Å². The van der Waals surface area contributed by atoms with Gasteiger partial charge in [-0.15, -0.1) is 0 Å². The average molecular weight is 338 g/mol. The summed E-state index contributed by atoms with van der Waals surface area (Å²) in [5, 5.41) is 0. The van der Waals surface area contributed by atoms with E-state index >= 15 is 0 Å². The van der Waals surface area contributed by atoms with Crippen molar-refractivity contribution >= 4 is 10.1 Å². The quantitative estimate of drug-likeness (QED) is 0.346. The molecule has 0 saturated carbocycles. The standard InChI is InChI=1S/C12H26O3S.Cu.Na.H/c1-2-3-4-5-6-7-8-9-10-11-12-16(13,14)15;;;/h2-12H2,1H3,(H,13,14,15);;;/q;;+1;-1. The Morgan fingerprint density at radius 2 is 1.17 bits per heavy atom. The van der Waals surface area contributed by atoms with Crippen LogP contribution in [-0.2, 0) is 27.2 Å². The second kappa shape index (κ2) is 16.5. The van der Waals surface area contributed by atoms with Gasteiger partial charge < -0.3 is 1.43 Å². The van der Waals surface area contributed by atoms with Crippen LogP contribution < -0.4 is 29.6 Å². The van der Waals surface area contributed by atoms with Gasteiger partial charge in [0, 0.05) is 17.1 Å². The van der Waals surface area contributed by atoms with Gasteiger partial charge in [-0.3, -0.25) is 4.55 Å². The molecule has 0 spiro atoms. The first-order valence-corrected chi connectivity index (χ1v) is 8.12. The molecule has 0 unspecified atom stereocenters. The van der Waals surface area contributed by atoms with E-state index in [1.807, 2.05) is 0 Å². The van der Waals surface area contributed by atoms with E-state index in [2.05, 4.69) is 6.92 Å². The summed E-state index contributed by atoms with van der Waals surface area (Å²) in [6.07, 6.45) is 11.7. The summed E-state index contributed by atoms with van der Waals surface area (Å²) >= 11 is 0. The van der Waals surface area contributed by atoms with Crippen LogP contribution >= 0.6 is 0 Å². The van der Waals surface area contributed by atoms with Crippen molar-refractivity contribution in [1.29, 1.82) is 0 Å². The second-order valence-corrected chi connectivity index (χ2v) is 6.04. The zero-order valence-electron chi connectivity index (χ0n) is 12.8. The fraction of sp³-hybridized carbons (Fsp3) is 1.00. The van der Waals surface area contributed by atoms with E-state index < -0.39 is 10.1 Å². The van der Waals surface area contributed by atoms with E-state index in [1.165, 1.54) is 44.9 Å². The van der Waals surface area contributed by atoms with Crippen LogP contribution in [0.1, 0.15) is 72.6 Å². The van der Waals surface area contributed by atoms with Crippen molar-refractivity contribution in [2.75, 3.05) is 5.75 Å². The molecular formula is C12H27CuNaO3S. The fourth-order valence-corrected chi connectivity index (χ4v) is 2.34. The SMILES string of the molecule is CCCCCCCCCCCCS(=O)(=O)O.[Cu].[H-].[Na+]. The molecule has 0 aromatic carbocycles. The van der Waals surface area contributed by atoms with Gasteiger partial charge in [0.2, 0.25) is 0 Å². The van der Waals surface area contributed by atoms with Crippen LogP contribution in [0.2, 0.25) is 0 Å². The number of unbranched alkanes of at least 4 members (excludes halogenated alkanes) is 9. The van der Waals surface area contributed by atoms with Crippen LogP contribution in [-0.4, -0.2) is 18.7 Å². The first-order valence-electron chi connectivity index (χ1n) is 6.51. The monoisotopic (exact) mass is 337 g/mol. The molecule has 1 radical (unpaired) electrons. The smallest absolute Gasteiger partial charge is 1.00 e. The van der Waals surface area contributed by atoms with Crippen LogP contribution in [0.3, 0.4) is 0 Å². The number of rotatable bonds is 11. The first kappa shape index (κ1) is 24.4. The summed E-state index contributed by atoms with van der Waals surface area (Å²) in [6, 6.07) is 0. The minimum Gasteiger partial charge on any atom is -1.00 e. The molecule has 6 heteroatoms. The summed E-state index contributed by atoms with van der Waals surface area (Å²) in [7, 11) is -3.73. The third-order valence-corrected chi connectivity index (χ3v) is 3.56. The molecule has 1 N–H and O–H groups in total. The zero-order chi connectivity index (χ0) is 12.3. The zero-order valence-corrected chi connectivity index (χ0v) is 15.5. The molecule has 0 aromatic heterocycles. The molecule has 0 amide bonds. The Morgan fingerprint density at radius 3 is 1.50 bits per heavy atom. The molecule has 111 valence electrons. The first-order chi connectivity index (χ1) is 7.56. The summed E-state index contributed by atoms with van der Waals surface area (Å²) in [6.45, 7) is 2.22. The van der Waals surface area contributed by atoms with Gasteiger partial charge in [-0.1, -0.05) is 64.7 Å². The Bertz CT molecular complexity index is 251. The van der Waals surface area contributed by atoms with Gasteiger partial charge in [-0.25, -0.2) is 0 Å². The molecule has 0 fully saturated rings. The van der Waals surface area contributed by atoms with Gasteiger partial charge in [0.25, 0.3) is 10.1 Å². The van der Waals surface area contributed by atoms with E-state index in [4.69, 9.17) is 4.55 Å². The van der Waals surface area contributed by atoms with Gasteiger partial charge in [0.15, 0.2) is 0 Å². The predicted molar refractivity (Wildman–Crippen MR) is 69.4 cm³/mol. The van der Waals surface area contributed by atoms with Crippen LogP contribution in [0.4, 0.5) is 0 Å². The van der Waals surface area contributed by atoms with E-state index in [1.54, 1.807) is 0 Å². The van der Waals surface area contributed by atoms with E-state index in [9.17, 15) is 8.42 Å². The molecule has 0 saturated heterocycles. The summed E-state index contributed by atoms with van der Waals surface area (Å²) < 4.78 is 29.4. The average Bonchev–Trinajstić information content (AvgIpc) is 2.19. The maximum atomic E-state index is 10.4. The Hall–Kier alpha value is 1.43. The summed E-state index contributed by atoms with van der Waals surface area (Å²) in [5.74, 6) is -0.0799. The summed E-state index contributed by atoms with van der Waals surface area (Å²) in [5.41, 5.74) is 0. The Labute approximate surface area is 147 Å². The van der Waals surface area contributed by atoms with Crippen LogP contribution in [0.5, 0.6) is 0 Å². The van der Waals surface area contributed by atoms with Crippen LogP contribution in [0.15, 0.2) is 0 Å².